The molecule has 0 bridgehead atoms. The molecule has 6 nitrogen and oxygen atoms in total. The van der Waals surface area contributed by atoms with Crippen molar-refractivity contribution < 1.29 is 18.6 Å². The van der Waals surface area contributed by atoms with E-state index in [1.165, 1.54) is 0 Å². The molecule has 1 saturated heterocycles. The first kappa shape index (κ1) is 19.4. The van der Waals surface area contributed by atoms with Crippen LogP contribution in [-0.2, 0) is 24.4 Å². The summed E-state index contributed by atoms with van der Waals surface area (Å²) in [5.74, 6) is -0.999. The third-order valence-electron chi connectivity index (χ3n) is 5.48. The van der Waals surface area contributed by atoms with Crippen molar-refractivity contribution in [2.45, 2.75) is 63.7 Å². The molecule has 8 heteroatoms. The topological polar surface area (TPSA) is 76.5 Å². The van der Waals surface area contributed by atoms with Gasteiger partial charge in [-0.2, -0.15) is 5.10 Å². The van der Waals surface area contributed by atoms with Crippen molar-refractivity contribution in [2.24, 2.45) is 5.73 Å². The van der Waals surface area contributed by atoms with Gasteiger partial charge in [0.15, 0.2) is 0 Å². The number of nitrogens with zero attached hydrogens (tertiary/aromatic N) is 3. The molecule has 0 saturated carbocycles. The van der Waals surface area contributed by atoms with Crippen molar-refractivity contribution in [3.05, 3.63) is 52.9 Å². The van der Waals surface area contributed by atoms with Crippen LogP contribution in [0.25, 0.3) is 0 Å². The van der Waals surface area contributed by atoms with Gasteiger partial charge in [0.2, 0.25) is 0 Å². The molecule has 0 amide bonds. The average molecular weight is 392 g/mol. The lowest BCUT2D eigenvalue weighted by Gasteiger charge is -2.38. The van der Waals surface area contributed by atoms with E-state index in [1.807, 2.05) is 10.9 Å². The Hall–Kier alpha value is -1.87. The first-order chi connectivity index (χ1) is 13.2. The summed E-state index contributed by atoms with van der Waals surface area (Å²) in [6.45, 7) is 5.78. The summed E-state index contributed by atoms with van der Waals surface area (Å²) in [5, 5.41) is 14.5. The molecule has 3 N–H and O–H groups in total. The van der Waals surface area contributed by atoms with Gasteiger partial charge in [0.1, 0.15) is 17.7 Å². The minimum atomic E-state index is -0.842. The summed E-state index contributed by atoms with van der Waals surface area (Å²) in [7, 11) is 0. The number of ether oxygens (including phenoxy) is 1. The fourth-order valence-corrected chi connectivity index (χ4v) is 4.14. The highest BCUT2D eigenvalue weighted by atomic mass is 19.1. The predicted molar refractivity (Wildman–Crippen MR) is 99.2 cm³/mol. The highest BCUT2D eigenvalue weighted by Gasteiger charge is 2.37. The van der Waals surface area contributed by atoms with Crippen molar-refractivity contribution in [2.75, 3.05) is 6.61 Å². The average Bonchev–Trinajstić information content (AvgIpc) is 3.18. The minimum Gasteiger partial charge on any atom is -0.389 e. The van der Waals surface area contributed by atoms with Gasteiger partial charge in [0, 0.05) is 36.3 Å². The molecule has 0 aliphatic carbocycles. The molecule has 3 atom stereocenters. The zero-order valence-corrected chi connectivity index (χ0v) is 16.1. The van der Waals surface area contributed by atoms with Crippen LogP contribution in [0, 0.1) is 11.6 Å². The number of hydrogen-bond donors (Lipinski definition) is 2. The van der Waals surface area contributed by atoms with E-state index in [4.69, 9.17) is 10.5 Å². The molecule has 28 heavy (non-hydrogen) atoms. The number of aromatic nitrogens is 2. The zero-order chi connectivity index (χ0) is 20.1. The predicted octanol–water partition coefficient (Wildman–Crippen LogP) is 2.11. The number of benzene rings is 1. The Labute approximate surface area is 162 Å². The van der Waals surface area contributed by atoms with Crippen molar-refractivity contribution in [3.8, 4) is 0 Å². The van der Waals surface area contributed by atoms with E-state index in [0.717, 1.165) is 36.0 Å². The molecule has 1 aromatic carbocycles. The molecule has 2 aliphatic heterocycles. The zero-order valence-electron chi connectivity index (χ0n) is 16.1. The van der Waals surface area contributed by atoms with Crippen LogP contribution in [0.5, 0.6) is 0 Å². The standard InChI is InChI=1S/C20H26F2N4O2/c1-20(2,27)11-26-18-9-25(8-12(18)7-24-26)14-6-17(23)19(28-10-14)15-5-13(21)3-4-16(15)22/h3-5,7,14,17,19,27H,6,8-11,23H2,1-2H3/t14-,17+,19?/m1/s1. The summed E-state index contributed by atoms with van der Waals surface area (Å²) < 4.78 is 35.4. The van der Waals surface area contributed by atoms with Gasteiger partial charge in [0.05, 0.1) is 30.6 Å². The van der Waals surface area contributed by atoms with Crippen LogP contribution >= 0.6 is 0 Å². The number of nitrogens with two attached hydrogens (primary N) is 1. The van der Waals surface area contributed by atoms with Gasteiger partial charge in [-0.3, -0.25) is 9.58 Å². The van der Waals surface area contributed by atoms with Crippen molar-refractivity contribution in [1.82, 2.24) is 14.7 Å². The molecule has 2 aliphatic rings. The van der Waals surface area contributed by atoms with Gasteiger partial charge in [-0.05, 0) is 38.5 Å². The first-order valence-electron chi connectivity index (χ1n) is 9.53. The highest BCUT2D eigenvalue weighted by molar-refractivity contribution is 5.25. The number of halogens is 2. The van der Waals surface area contributed by atoms with Gasteiger partial charge < -0.3 is 15.6 Å². The Morgan fingerprint density at radius 1 is 1.32 bits per heavy atom. The van der Waals surface area contributed by atoms with E-state index in [-0.39, 0.29) is 11.6 Å². The molecule has 0 spiro atoms. The van der Waals surface area contributed by atoms with Crippen molar-refractivity contribution in [3.63, 3.8) is 0 Å². The molecule has 1 unspecified atom stereocenters. The number of fused-ring (bicyclic) bond motifs is 1. The SMILES string of the molecule is CC(C)(O)Cn1ncc2c1CN([C@H]1COC(c3cc(F)ccc3F)[C@@H](N)C1)C2. The molecule has 4 rings (SSSR count). The van der Waals surface area contributed by atoms with Crippen molar-refractivity contribution >= 4 is 0 Å². The number of aliphatic hydroxyl groups is 1. The van der Waals surface area contributed by atoms with E-state index in [1.54, 1.807) is 13.8 Å². The van der Waals surface area contributed by atoms with Gasteiger partial charge >= 0.3 is 0 Å². The van der Waals surface area contributed by atoms with Crippen LogP contribution in [0.3, 0.4) is 0 Å². The Morgan fingerprint density at radius 2 is 2.11 bits per heavy atom. The molecule has 0 radical (unpaired) electrons. The lowest BCUT2D eigenvalue weighted by Crippen LogP contribution is -2.48. The third kappa shape index (κ3) is 3.82. The monoisotopic (exact) mass is 392 g/mol. The minimum absolute atomic E-state index is 0.0888. The summed E-state index contributed by atoms with van der Waals surface area (Å²) in [5.41, 5.74) is 7.85. The molecule has 1 aromatic heterocycles. The Morgan fingerprint density at radius 3 is 2.82 bits per heavy atom. The Balaban J connectivity index is 1.43. The molecular formula is C20H26F2N4O2. The smallest absolute Gasteiger partial charge is 0.129 e. The third-order valence-corrected chi connectivity index (χ3v) is 5.48. The van der Waals surface area contributed by atoms with E-state index >= 15 is 0 Å². The maximum atomic E-state index is 14.1. The van der Waals surface area contributed by atoms with Crippen LogP contribution < -0.4 is 5.73 Å². The lowest BCUT2D eigenvalue weighted by atomic mass is 9.93. The fourth-order valence-electron chi connectivity index (χ4n) is 4.14. The summed E-state index contributed by atoms with van der Waals surface area (Å²) in [4.78, 5) is 2.27. The second-order valence-corrected chi connectivity index (χ2v) is 8.46. The molecule has 3 heterocycles. The maximum absolute atomic E-state index is 14.1. The quantitative estimate of drug-likeness (QED) is 0.834. The summed E-state index contributed by atoms with van der Waals surface area (Å²) in [6.07, 6.45) is 1.82. The van der Waals surface area contributed by atoms with Gasteiger partial charge in [-0.1, -0.05) is 0 Å². The largest absolute Gasteiger partial charge is 0.389 e. The van der Waals surface area contributed by atoms with Gasteiger partial charge in [-0.15, -0.1) is 0 Å². The van der Waals surface area contributed by atoms with Gasteiger partial charge in [0.25, 0.3) is 0 Å². The molecule has 152 valence electrons. The summed E-state index contributed by atoms with van der Waals surface area (Å²) in [6, 6.07) is 3.03. The summed E-state index contributed by atoms with van der Waals surface area (Å²) >= 11 is 0. The normalized spacial score (nSPS) is 25.9. The van der Waals surface area contributed by atoms with Crippen LogP contribution in [0.4, 0.5) is 8.78 Å². The number of rotatable bonds is 4. The Bertz CT molecular complexity index is 864. The molecule has 1 fully saturated rings. The number of hydrogen-bond acceptors (Lipinski definition) is 5. The van der Waals surface area contributed by atoms with Crippen LogP contribution in [-0.4, -0.2) is 44.1 Å². The first-order valence-corrected chi connectivity index (χ1v) is 9.53. The molecule has 2 aromatic rings. The second-order valence-electron chi connectivity index (χ2n) is 8.46. The second kappa shape index (κ2) is 7.18. The maximum Gasteiger partial charge on any atom is 0.129 e. The van der Waals surface area contributed by atoms with Crippen LogP contribution in [0.1, 0.15) is 43.2 Å². The van der Waals surface area contributed by atoms with E-state index < -0.39 is 29.4 Å². The van der Waals surface area contributed by atoms with E-state index in [9.17, 15) is 13.9 Å². The fraction of sp³-hybridized carbons (Fsp3) is 0.550. The Kier molecular flexibility index (Phi) is 4.99. The van der Waals surface area contributed by atoms with E-state index in [2.05, 4.69) is 10.00 Å². The van der Waals surface area contributed by atoms with Gasteiger partial charge in [-0.25, -0.2) is 8.78 Å². The highest BCUT2D eigenvalue weighted by Crippen LogP contribution is 2.34. The van der Waals surface area contributed by atoms with E-state index in [0.29, 0.717) is 26.1 Å². The lowest BCUT2D eigenvalue weighted by molar-refractivity contribution is -0.0536. The van der Waals surface area contributed by atoms with Crippen LogP contribution in [0.15, 0.2) is 24.4 Å². The van der Waals surface area contributed by atoms with Crippen LogP contribution in [0.2, 0.25) is 0 Å². The molecular weight excluding hydrogens is 366 g/mol. The van der Waals surface area contributed by atoms with Crippen molar-refractivity contribution in [1.29, 1.82) is 0 Å².